The fourth-order valence-electron chi connectivity index (χ4n) is 2.51. The number of aryl methyl sites for hydroxylation is 3. The molecule has 2 N–H and O–H groups in total. The van der Waals surface area contributed by atoms with Gasteiger partial charge in [0, 0.05) is 32.1 Å². The highest BCUT2D eigenvalue weighted by Gasteiger charge is 2.09. The standard InChI is InChI=1S/C20H31N5O2/c1-6-15(3)26-18-12-14(2)9-10-17(18)13-23-20(21-5)22-11-7-8-19-24-16(4)25-27-19/h9-10,12,15H,6-8,11,13H2,1-5H3,(H2,21,22,23). The van der Waals surface area contributed by atoms with E-state index in [1.807, 2.05) is 6.92 Å². The first-order valence-corrected chi connectivity index (χ1v) is 9.51. The van der Waals surface area contributed by atoms with Crippen LogP contribution in [0.3, 0.4) is 0 Å². The van der Waals surface area contributed by atoms with Gasteiger partial charge in [0.1, 0.15) is 5.75 Å². The molecule has 1 atom stereocenters. The van der Waals surface area contributed by atoms with Crippen LogP contribution in [0.4, 0.5) is 0 Å². The Morgan fingerprint density at radius 3 is 2.78 bits per heavy atom. The van der Waals surface area contributed by atoms with Gasteiger partial charge in [-0.15, -0.1) is 0 Å². The van der Waals surface area contributed by atoms with Gasteiger partial charge in [0.15, 0.2) is 11.8 Å². The molecule has 27 heavy (non-hydrogen) atoms. The number of nitrogens with zero attached hydrogens (tertiary/aromatic N) is 3. The van der Waals surface area contributed by atoms with Crippen LogP contribution >= 0.6 is 0 Å². The molecule has 0 aliphatic carbocycles. The van der Waals surface area contributed by atoms with Gasteiger partial charge in [-0.05, 0) is 45.2 Å². The molecule has 0 saturated carbocycles. The van der Waals surface area contributed by atoms with E-state index in [9.17, 15) is 0 Å². The minimum absolute atomic E-state index is 0.191. The summed E-state index contributed by atoms with van der Waals surface area (Å²) in [5.41, 5.74) is 2.31. The quantitative estimate of drug-likeness (QED) is 0.399. The molecule has 2 aromatic rings. The highest BCUT2D eigenvalue weighted by Crippen LogP contribution is 2.22. The van der Waals surface area contributed by atoms with E-state index in [4.69, 9.17) is 9.26 Å². The second-order valence-corrected chi connectivity index (χ2v) is 6.64. The van der Waals surface area contributed by atoms with Crippen molar-refractivity contribution in [2.45, 2.75) is 59.6 Å². The van der Waals surface area contributed by atoms with Crippen LogP contribution in [-0.4, -0.2) is 35.8 Å². The molecular formula is C20H31N5O2. The van der Waals surface area contributed by atoms with Crippen molar-refractivity contribution in [1.82, 2.24) is 20.8 Å². The van der Waals surface area contributed by atoms with Crippen molar-refractivity contribution in [3.63, 3.8) is 0 Å². The van der Waals surface area contributed by atoms with Gasteiger partial charge in [-0.3, -0.25) is 4.99 Å². The molecule has 1 aromatic carbocycles. The van der Waals surface area contributed by atoms with Crippen LogP contribution in [0, 0.1) is 13.8 Å². The van der Waals surface area contributed by atoms with Crippen molar-refractivity contribution in [2.75, 3.05) is 13.6 Å². The number of guanidine groups is 1. The molecular weight excluding hydrogens is 342 g/mol. The smallest absolute Gasteiger partial charge is 0.226 e. The Labute approximate surface area is 161 Å². The van der Waals surface area contributed by atoms with E-state index in [0.29, 0.717) is 18.3 Å². The molecule has 7 heteroatoms. The van der Waals surface area contributed by atoms with E-state index < -0.39 is 0 Å². The Hall–Kier alpha value is -2.57. The van der Waals surface area contributed by atoms with Gasteiger partial charge < -0.3 is 19.9 Å². The first-order valence-electron chi connectivity index (χ1n) is 9.51. The van der Waals surface area contributed by atoms with Crippen LogP contribution in [0.1, 0.15) is 49.5 Å². The van der Waals surface area contributed by atoms with E-state index in [1.54, 1.807) is 7.05 Å². The molecule has 0 spiro atoms. The maximum Gasteiger partial charge on any atom is 0.226 e. The third-order valence-corrected chi connectivity index (χ3v) is 4.23. The van der Waals surface area contributed by atoms with Gasteiger partial charge in [0.05, 0.1) is 6.10 Å². The maximum absolute atomic E-state index is 6.07. The van der Waals surface area contributed by atoms with Gasteiger partial charge in [-0.25, -0.2) is 0 Å². The second-order valence-electron chi connectivity index (χ2n) is 6.64. The van der Waals surface area contributed by atoms with Crippen molar-refractivity contribution in [1.29, 1.82) is 0 Å². The summed E-state index contributed by atoms with van der Waals surface area (Å²) < 4.78 is 11.2. The van der Waals surface area contributed by atoms with Crippen molar-refractivity contribution in [3.8, 4) is 5.75 Å². The lowest BCUT2D eigenvalue weighted by atomic mass is 10.1. The molecule has 0 amide bonds. The van der Waals surface area contributed by atoms with E-state index >= 15 is 0 Å². The SMILES string of the molecule is CCC(C)Oc1cc(C)ccc1CNC(=NC)NCCCc1nc(C)no1. The lowest BCUT2D eigenvalue weighted by Gasteiger charge is -2.18. The number of aliphatic imine (C=N–C) groups is 1. The molecule has 0 aliphatic heterocycles. The number of nitrogens with one attached hydrogen (secondary N) is 2. The van der Waals surface area contributed by atoms with E-state index in [0.717, 1.165) is 43.1 Å². The highest BCUT2D eigenvalue weighted by atomic mass is 16.5. The number of ether oxygens (including phenoxy) is 1. The number of rotatable bonds is 9. The number of hydrogen-bond acceptors (Lipinski definition) is 5. The zero-order chi connectivity index (χ0) is 19.6. The topological polar surface area (TPSA) is 84.6 Å². The molecule has 1 heterocycles. The summed E-state index contributed by atoms with van der Waals surface area (Å²) in [6.45, 7) is 9.53. The van der Waals surface area contributed by atoms with Crippen molar-refractivity contribution in [2.24, 2.45) is 4.99 Å². The normalized spacial score (nSPS) is 12.7. The first kappa shape index (κ1) is 20.7. The Morgan fingerprint density at radius 1 is 1.30 bits per heavy atom. The Morgan fingerprint density at radius 2 is 2.11 bits per heavy atom. The first-order chi connectivity index (χ1) is 13.0. The van der Waals surface area contributed by atoms with Gasteiger partial charge in [0.25, 0.3) is 0 Å². The molecule has 0 bridgehead atoms. The Kier molecular flexibility index (Phi) is 8.10. The third kappa shape index (κ3) is 6.92. The van der Waals surface area contributed by atoms with Gasteiger partial charge in [-0.2, -0.15) is 4.98 Å². The lowest BCUT2D eigenvalue weighted by molar-refractivity contribution is 0.215. The van der Waals surface area contributed by atoms with Crippen LogP contribution in [0.25, 0.3) is 0 Å². The summed E-state index contributed by atoms with van der Waals surface area (Å²) in [5, 5.41) is 10.5. The molecule has 1 aromatic heterocycles. The summed E-state index contributed by atoms with van der Waals surface area (Å²) in [5.74, 6) is 3.03. The number of benzene rings is 1. The average Bonchev–Trinajstić information content (AvgIpc) is 3.07. The summed E-state index contributed by atoms with van der Waals surface area (Å²) in [6.07, 6.45) is 2.80. The molecule has 7 nitrogen and oxygen atoms in total. The summed E-state index contributed by atoms with van der Waals surface area (Å²) in [4.78, 5) is 8.48. The van der Waals surface area contributed by atoms with E-state index in [2.05, 4.69) is 64.7 Å². The fraction of sp³-hybridized carbons (Fsp3) is 0.550. The van der Waals surface area contributed by atoms with E-state index in [1.165, 1.54) is 5.56 Å². The third-order valence-electron chi connectivity index (χ3n) is 4.23. The minimum Gasteiger partial charge on any atom is -0.490 e. The fourth-order valence-corrected chi connectivity index (χ4v) is 2.51. The number of hydrogen-bond donors (Lipinski definition) is 2. The van der Waals surface area contributed by atoms with Crippen molar-refractivity contribution < 1.29 is 9.26 Å². The van der Waals surface area contributed by atoms with Gasteiger partial charge in [0.2, 0.25) is 5.89 Å². The van der Waals surface area contributed by atoms with Crippen LogP contribution < -0.4 is 15.4 Å². The zero-order valence-electron chi connectivity index (χ0n) is 17.0. The molecule has 0 radical (unpaired) electrons. The predicted molar refractivity (Wildman–Crippen MR) is 107 cm³/mol. The monoisotopic (exact) mass is 373 g/mol. The molecule has 0 aliphatic rings. The second kappa shape index (κ2) is 10.5. The average molecular weight is 374 g/mol. The Balaban J connectivity index is 1.82. The molecule has 148 valence electrons. The zero-order valence-corrected chi connectivity index (χ0v) is 17.0. The van der Waals surface area contributed by atoms with Crippen LogP contribution in [0.5, 0.6) is 5.75 Å². The molecule has 1 unspecified atom stereocenters. The number of aromatic nitrogens is 2. The van der Waals surface area contributed by atoms with Crippen LogP contribution in [0.15, 0.2) is 27.7 Å². The molecule has 2 rings (SSSR count). The summed E-state index contributed by atoms with van der Waals surface area (Å²) in [7, 11) is 1.77. The summed E-state index contributed by atoms with van der Waals surface area (Å²) in [6, 6.07) is 6.29. The van der Waals surface area contributed by atoms with Crippen molar-refractivity contribution >= 4 is 5.96 Å². The lowest BCUT2D eigenvalue weighted by Crippen LogP contribution is -2.37. The van der Waals surface area contributed by atoms with Crippen molar-refractivity contribution in [3.05, 3.63) is 41.0 Å². The predicted octanol–water partition coefficient (Wildman–Crippen LogP) is 3.16. The largest absolute Gasteiger partial charge is 0.490 e. The van der Waals surface area contributed by atoms with E-state index in [-0.39, 0.29) is 6.10 Å². The van der Waals surface area contributed by atoms with Gasteiger partial charge in [-0.1, -0.05) is 24.2 Å². The van der Waals surface area contributed by atoms with Gasteiger partial charge >= 0.3 is 0 Å². The Bertz CT molecular complexity index is 742. The summed E-state index contributed by atoms with van der Waals surface area (Å²) >= 11 is 0. The minimum atomic E-state index is 0.191. The van der Waals surface area contributed by atoms with Crippen LogP contribution in [0.2, 0.25) is 0 Å². The van der Waals surface area contributed by atoms with Crippen LogP contribution in [-0.2, 0) is 13.0 Å². The molecule has 0 saturated heterocycles. The maximum atomic E-state index is 6.07. The molecule has 0 fully saturated rings. The highest BCUT2D eigenvalue weighted by molar-refractivity contribution is 5.79.